The molecule has 20 heavy (non-hydrogen) atoms. The lowest BCUT2D eigenvalue weighted by Gasteiger charge is -2.00. The topological polar surface area (TPSA) is 29.6 Å². The van der Waals surface area contributed by atoms with Crippen molar-refractivity contribution in [2.75, 3.05) is 0 Å². The third-order valence-electron chi connectivity index (χ3n) is 3.70. The summed E-state index contributed by atoms with van der Waals surface area (Å²) in [5.74, 6) is 0.225. The number of benzene rings is 2. The first kappa shape index (κ1) is 13.1. The van der Waals surface area contributed by atoms with Crippen LogP contribution in [0.1, 0.15) is 41.3 Å². The molecular weight excluding hydrogens is 248 g/mol. The molecule has 0 N–H and O–H groups in total. The van der Waals surface area contributed by atoms with Crippen LogP contribution in [0.2, 0.25) is 0 Å². The van der Waals surface area contributed by atoms with E-state index >= 15 is 0 Å². The fourth-order valence-electron chi connectivity index (χ4n) is 2.53. The molecule has 2 heteroatoms. The average molecular weight is 266 g/mol. The third-order valence-corrected chi connectivity index (χ3v) is 3.70. The summed E-state index contributed by atoms with van der Waals surface area (Å²) in [5.41, 5.74) is 2.05. The van der Waals surface area contributed by atoms with Crippen LogP contribution < -0.4 is 0 Å². The van der Waals surface area contributed by atoms with Crippen molar-refractivity contribution in [3.05, 3.63) is 71.8 Å². The lowest BCUT2D eigenvalue weighted by Crippen LogP contribution is -1.99. The molecule has 0 saturated carbocycles. The summed E-state index contributed by atoms with van der Waals surface area (Å²) in [6.45, 7) is 0. The van der Waals surface area contributed by atoms with Crippen LogP contribution in [0.25, 0.3) is 0 Å². The van der Waals surface area contributed by atoms with Crippen molar-refractivity contribution < 1.29 is 9.53 Å². The number of hydrogen-bond acceptors (Lipinski definition) is 2. The van der Waals surface area contributed by atoms with Gasteiger partial charge in [-0.1, -0.05) is 60.7 Å². The summed E-state index contributed by atoms with van der Waals surface area (Å²) >= 11 is 0. The molecule has 0 aromatic heterocycles. The predicted molar refractivity (Wildman–Crippen MR) is 78.7 cm³/mol. The highest BCUT2D eigenvalue weighted by Crippen LogP contribution is 2.41. The number of hydrogen-bond donors (Lipinski definition) is 0. The fourth-order valence-corrected chi connectivity index (χ4v) is 2.53. The second-order valence-corrected chi connectivity index (χ2v) is 5.19. The van der Waals surface area contributed by atoms with Gasteiger partial charge in [-0.3, -0.25) is 4.79 Å². The zero-order valence-corrected chi connectivity index (χ0v) is 11.4. The minimum Gasteiger partial charge on any atom is -0.365 e. The first-order chi connectivity index (χ1) is 9.84. The number of carbonyl (C=O) groups is 1. The zero-order valence-electron chi connectivity index (χ0n) is 11.4. The van der Waals surface area contributed by atoms with E-state index < -0.39 is 0 Å². The molecule has 0 amide bonds. The largest absolute Gasteiger partial charge is 0.365 e. The normalized spacial score (nSPS) is 20.6. The zero-order chi connectivity index (χ0) is 13.8. The Bertz CT molecular complexity index is 562. The smallest absolute Gasteiger partial charge is 0.162 e. The van der Waals surface area contributed by atoms with Crippen LogP contribution in [0.5, 0.6) is 0 Å². The molecule has 0 spiro atoms. The van der Waals surface area contributed by atoms with Crippen molar-refractivity contribution in [3.8, 4) is 0 Å². The molecule has 3 rings (SSSR count). The fraction of sp³-hybridized carbons (Fsp3) is 0.278. The predicted octanol–water partition coefficient (Wildman–Crippen LogP) is 4.18. The molecule has 0 bridgehead atoms. The van der Waals surface area contributed by atoms with Gasteiger partial charge in [0.05, 0.1) is 6.10 Å². The van der Waals surface area contributed by atoms with Gasteiger partial charge in [-0.15, -0.1) is 0 Å². The quantitative estimate of drug-likeness (QED) is 0.580. The van der Waals surface area contributed by atoms with Crippen molar-refractivity contribution in [1.29, 1.82) is 0 Å². The van der Waals surface area contributed by atoms with Gasteiger partial charge < -0.3 is 4.74 Å². The van der Waals surface area contributed by atoms with Gasteiger partial charge in [-0.05, 0) is 18.4 Å². The van der Waals surface area contributed by atoms with E-state index in [0.717, 1.165) is 18.4 Å². The SMILES string of the molecule is O=C(CCCC1OC1c1ccccc1)c1ccccc1. The molecule has 102 valence electrons. The first-order valence-corrected chi connectivity index (χ1v) is 7.13. The van der Waals surface area contributed by atoms with E-state index in [4.69, 9.17) is 4.74 Å². The van der Waals surface area contributed by atoms with Crippen molar-refractivity contribution >= 4 is 5.78 Å². The maximum absolute atomic E-state index is 12.0. The van der Waals surface area contributed by atoms with Gasteiger partial charge in [0.2, 0.25) is 0 Å². The maximum atomic E-state index is 12.0. The van der Waals surface area contributed by atoms with Gasteiger partial charge in [-0.25, -0.2) is 0 Å². The molecule has 1 heterocycles. The Morgan fingerprint density at radius 2 is 1.60 bits per heavy atom. The molecule has 2 unspecified atom stereocenters. The Hall–Kier alpha value is -1.93. The number of epoxide rings is 1. The van der Waals surface area contributed by atoms with E-state index in [2.05, 4.69) is 12.1 Å². The number of carbonyl (C=O) groups excluding carboxylic acids is 1. The molecule has 1 saturated heterocycles. The van der Waals surface area contributed by atoms with Crippen LogP contribution in [0.4, 0.5) is 0 Å². The van der Waals surface area contributed by atoms with E-state index in [9.17, 15) is 4.79 Å². The van der Waals surface area contributed by atoms with Gasteiger partial charge in [0.15, 0.2) is 5.78 Å². The van der Waals surface area contributed by atoms with Gasteiger partial charge in [0.25, 0.3) is 0 Å². The van der Waals surface area contributed by atoms with Crippen molar-refractivity contribution in [1.82, 2.24) is 0 Å². The highest BCUT2D eigenvalue weighted by atomic mass is 16.6. The van der Waals surface area contributed by atoms with E-state index in [1.54, 1.807) is 0 Å². The van der Waals surface area contributed by atoms with Gasteiger partial charge >= 0.3 is 0 Å². The van der Waals surface area contributed by atoms with Crippen molar-refractivity contribution in [2.24, 2.45) is 0 Å². The molecular formula is C18H18O2. The second-order valence-electron chi connectivity index (χ2n) is 5.19. The van der Waals surface area contributed by atoms with Gasteiger partial charge in [0.1, 0.15) is 6.10 Å². The van der Waals surface area contributed by atoms with Crippen LogP contribution in [-0.2, 0) is 4.74 Å². The molecule has 2 atom stereocenters. The Labute approximate surface area is 119 Å². The number of ketones is 1. The van der Waals surface area contributed by atoms with Gasteiger partial charge in [0, 0.05) is 12.0 Å². The Morgan fingerprint density at radius 3 is 2.30 bits per heavy atom. The van der Waals surface area contributed by atoms with Crippen LogP contribution in [0.3, 0.4) is 0 Å². The molecule has 0 aliphatic carbocycles. The number of Topliss-reactive ketones (excluding diaryl/α,β-unsaturated/α-hetero) is 1. The Kier molecular flexibility index (Phi) is 3.93. The molecule has 2 nitrogen and oxygen atoms in total. The maximum Gasteiger partial charge on any atom is 0.162 e. The number of ether oxygens (including phenoxy) is 1. The Balaban J connectivity index is 1.43. The summed E-state index contributed by atoms with van der Waals surface area (Å²) in [6.07, 6.45) is 2.98. The average Bonchev–Trinajstić information content (AvgIpc) is 3.28. The summed E-state index contributed by atoms with van der Waals surface area (Å²) in [7, 11) is 0. The first-order valence-electron chi connectivity index (χ1n) is 7.13. The van der Waals surface area contributed by atoms with E-state index in [0.29, 0.717) is 12.5 Å². The molecule has 1 aliphatic rings. The van der Waals surface area contributed by atoms with E-state index in [-0.39, 0.29) is 11.9 Å². The van der Waals surface area contributed by atoms with E-state index in [1.165, 1.54) is 5.56 Å². The molecule has 1 fully saturated rings. The molecule has 2 aromatic rings. The minimum absolute atomic E-state index is 0.225. The van der Waals surface area contributed by atoms with Crippen molar-refractivity contribution in [3.63, 3.8) is 0 Å². The van der Waals surface area contributed by atoms with E-state index in [1.807, 2.05) is 48.5 Å². The lowest BCUT2D eigenvalue weighted by molar-refractivity contribution is 0.0978. The second kappa shape index (κ2) is 6.02. The molecule has 1 aliphatic heterocycles. The van der Waals surface area contributed by atoms with Crippen LogP contribution in [0, 0.1) is 0 Å². The van der Waals surface area contributed by atoms with Crippen LogP contribution in [0.15, 0.2) is 60.7 Å². The molecule has 0 radical (unpaired) electrons. The summed E-state index contributed by atoms with van der Waals surface area (Å²) in [5, 5.41) is 0. The van der Waals surface area contributed by atoms with Crippen LogP contribution >= 0.6 is 0 Å². The molecule has 2 aromatic carbocycles. The lowest BCUT2D eigenvalue weighted by atomic mass is 10.0. The number of rotatable bonds is 6. The summed E-state index contributed by atoms with van der Waals surface area (Å²) in [6, 6.07) is 19.8. The summed E-state index contributed by atoms with van der Waals surface area (Å²) < 4.78 is 5.68. The highest BCUT2D eigenvalue weighted by Gasteiger charge is 2.39. The monoisotopic (exact) mass is 266 g/mol. The highest BCUT2D eigenvalue weighted by molar-refractivity contribution is 5.95. The van der Waals surface area contributed by atoms with Crippen LogP contribution in [-0.4, -0.2) is 11.9 Å². The minimum atomic E-state index is 0.225. The standard InChI is InChI=1S/C18H18O2/c19-16(14-8-3-1-4-9-14)12-7-13-17-18(20-17)15-10-5-2-6-11-15/h1-6,8-11,17-18H,7,12-13H2. The third kappa shape index (κ3) is 3.14. The summed E-state index contributed by atoms with van der Waals surface area (Å²) in [4.78, 5) is 12.0. The Morgan fingerprint density at radius 1 is 0.950 bits per heavy atom. The van der Waals surface area contributed by atoms with Crippen molar-refractivity contribution in [2.45, 2.75) is 31.5 Å². The van der Waals surface area contributed by atoms with Gasteiger partial charge in [-0.2, -0.15) is 0 Å².